The van der Waals surface area contributed by atoms with E-state index in [0.717, 1.165) is 53.7 Å². The molecule has 5 rings (SSSR count). The molecule has 5 heteroatoms. The standard InChI is InChI=1S/C24H25N3O2/c1-16-22(19-11-5-6-12-20(19)25(16)2)23-17-9-3-4-10-18(17)24(29)27(23)15-21(28)26-13-7-8-14-26/h3-6,9-12,23H,7-8,13-15H2,1-2H3/t23-/m1/s1. The van der Waals surface area contributed by atoms with Gasteiger partial charge >= 0.3 is 0 Å². The maximum Gasteiger partial charge on any atom is 0.255 e. The largest absolute Gasteiger partial charge is 0.348 e. The van der Waals surface area contributed by atoms with Crippen LogP contribution in [0, 0.1) is 6.92 Å². The predicted molar refractivity (Wildman–Crippen MR) is 113 cm³/mol. The fourth-order valence-electron chi connectivity index (χ4n) is 4.95. The molecule has 1 aromatic heterocycles. The van der Waals surface area contributed by atoms with Crippen molar-refractivity contribution in [2.24, 2.45) is 7.05 Å². The maximum atomic E-state index is 13.3. The molecule has 1 saturated heterocycles. The fraction of sp³-hybridized carbons (Fsp3) is 0.333. The second kappa shape index (κ2) is 6.76. The van der Waals surface area contributed by atoms with Gasteiger partial charge in [0.15, 0.2) is 0 Å². The zero-order valence-corrected chi connectivity index (χ0v) is 16.9. The molecule has 148 valence electrons. The zero-order valence-electron chi connectivity index (χ0n) is 16.9. The molecule has 2 amide bonds. The number of nitrogens with zero attached hydrogens (tertiary/aromatic N) is 3. The lowest BCUT2D eigenvalue weighted by Gasteiger charge is -2.28. The van der Waals surface area contributed by atoms with E-state index in [1.165, 1.54) is 0 Å². The molecule has 0 unspecified atom stereocenters. The summed E-state index contributed by atoms with van der Waals surface area (Å²) in [5, 5.41) is 1.14. The molecule has 0 bridgehead atoms. The van der Waals surface area contributed by atoms with Crippen molar-refractivity contribution in [3.63, 3.8) is 0 Å². The summed E-state index contributed by atoms with van der Waals surface area (Å²) >= 11 is 0. The van der Waals surface area contributed by atoms with Gasteiger partial charge in [0.1, 0.15) is 6.54 Å². The van der Waals surface area contributed by atoms with Gasteiger partial charge in [0, 0.05) is 47.9 Å². The van der Waals surface area contributed by atoms with Gasteiger partial charge in [-0.05, 0) is 37.5 Å². The van der Waals surface area contributed by atoms with E-state index in [2.05, 4.69) is 30.7 Å². The molecule has 2 aliphatic heterocycles. The van der Waals surface area contributed by atoms with Crippen LogP contribution in [0.3, 0.4) is 0 Å². The minimum atomic E-state index is -0.239. The van der Waals surface area contributed by atoms with Gasteiger partial charge in [-0.3, -0.25) is 9.59 Å². The Morgan fingerprint density at radius 3 is 2.52 bits per heavy atom. The van der Waals surface area contributed by atoms with Gasteiger partial charge in [-0.15, -0.1) is 0 Å². The predicted octanol–water partition coefficient (Wildman–Crippen LogP) is 3.65. The molecule has 2 aromatic carbocycles. The minimum Gasteiger partial charge on any atom is -0.348 e. The molecule has 1 fully saturated rings. The molecule has 5 nitrogen and oxygen atoms in total. The van der Waals surface area contributed by atoms with E-state index in [1.54, 1.807) is 4.90 Å². The molecule has 0 aliphatic carbocycles. The number of aromatic nitrogens is 1. The summed E-state index contributed by atoms with van der Waals surface area (Å²) < 4.78 is 2.18. The summed E-state index contributed by atoms with van der Waals surface area (Å²) in [6.07, 6.45) is 2.09. The van der Waals surface area contributed by atoms with Crippen LogP contribution in [0.15, 0.2) is 48.5 Å². The lowest BCUT2D eigenvalue weighted by molar-refractivity contribution is -0.131. The highest BCUT2D eigenvalue weighted by Gasteiger charge is 2.41. The van der Waals surface area contributed by atoms with Crippen LogP contribution in [0.1, 0.15) is 46.1 Å². The number of hydrogen-bond donors (Lipinski definition) is 0. The highest BCUT2D eigenvalue weighted by Crippen LogP contribution is 2.43. The molecule has 3 heterocycles. The van der Waals surface area contributed by atoms with E-state index >= 15 is 0 Å². The van der Waals surface area contributed by atoms with Crippen LogP contribution in [0.5, 0.6) is 0 Å². The number of likely N-dealkylation sites (tertiary alicyclic amines) is 1. The molecule has 2 aliphatic rings. The number of carbonyl (C=O) groups is 2. The normalized spacial score (nSPS) is 18.7. The van der Waals surface area contributed by atoms with Gasteiger partial charge in [-0.2, -0.15) is 0 Å². The van der Waals surface area contributed by atoms with Crippen LogP contribution < -0.4 is 0 Å². The second-order valence-electron chi connectivity index (χ2n) is 8.09. The summed E-state index contributed by atoms with van der Waals surface area (Å²) in [5.74, 6) is -0.00275. The minimum absolute atomic E-state index is 0.0477. The van der Waals surface area contributed by atoms with E-state index in [9.17, 15) is 9.59 Å². The highest BCUT2D eigenvalue weighted by molar-refractivity contribution is 6.02. The van der Waals surface area contributed by atoms with Crippen LogP contribution in [-0.2, 0) is 11.8 Å². The number of fused-ring (bicyclic) bond motifs is 2. The van der Waals surface area contributed by atoms with Crippen molar-refractivity contribution >= 4 is 22.7 Å². The molecular formula is C24H25N3O2. The van der Waals surface area contributed by atoms with Crippen molar-refractivity contribution < 1.29 is 9.59 Å². The smallest absolute Gasteiger partial charge is 0.255 e. The van der Waals surface area contributed by atoms with E-state index in [4.69, 9.17) is 0 Å². The first kappa shape index (κ1) is 18.0. The first-order valence-corrected chi connectivity index (χ1v) is 10.3. The van der Waals surface area contributed by atoms with Crippen LogP contribution in [-0.4, -0.2) is 45.8 Å². The average molecular weight is 387 g/mol. The van der Waals surface area contributed by atoms with Crippen molar-refractivity contribution in [2.45, 2.75) is 25.8 Å². The van der Waals surface area contributed by atoms with E-state index in [-0.39, 0.29) is 24.4 Å². The Labute approximate surface area is 170 Å². The number of para-hydroxylation sites is 1. The van der Waals surface area contributed by atoms with Crippen LogP contribution in [0.4, 0.5) is 0 Å². The summed E-state index contributed by atoms with van der Waals surface area (Å²) in [6.45, 7) is 3.82. The number of rotatable bonds is 3. The molecule has 1 atom stereocenters. The third-order valence-electron chi connectivity index (χ3n) is 6.54. The maximum absolute atomic E-state index is 13.3. The molecule has 0 spiro atoms. The third-order valence-corrected chi connectivity index (χ3v) is 6.54. The Hall–Kier alpha value is -3.08. The first-order chi connectivity index (χ1) is 14.1. The fourth-order valence-corrected chi connectivity index (χ4v) is 4.95. The van der Waals surface area contributed by atoms with Gasteiger partial charge in [0.05, 0.1) is 6.04 Å². The van der Waals surface area contributed by atoms with Crippen molar-refractivity contribution in [3.8, 4) is 0 Å². The summed E-state index contributed by atoms with van der Waals surface area (Å²) in [5.41, 5.74) is 5.09. The lowest BCUT2D eigenvalue weighted by Crippen LogP contribution is -2.41. The van der Waals surface area contributed by atoms with Crippen LogP contribution in [0.25, 0.3) is 10.9 Å². The quantitative estimate of drug-likeness (QED) is 0.689. The molecule has 0 saturated carbocycles. The molecule has 29 heavy (non-hydrogen) atoms. The van der Waals surface area contributed by atoms with Crippen molar-refractivity contribution in [1.82, 2.24) is 14.4 Å². The summed E-state index contributed by atoms with van der Waals surface area (Å²) in [4.78, 5) is 30.0. The zero-order chi connectivity index (χ0) is 20.1. The van der Waals surface area contributed by atoms with Crippen LogP contribution >= 0.6 is 0 Å². The van der Waals surface area contributed by atoms with Gasteiger partial charge in [0.25, 0.3) is 5.91 Å². The van der Waals surface area contributed by atoms with Gasteiger partial charge in [-0.1, -0.05) is 36.4 Å². The average Bonchev–Trinajstić information content (AvgIpc) is 3.43. The Morgan fingerprint density at radius 1 is 1.03 bits per heavy atom. The SMILES string of the molecule is Cc1c([C@H]2c3ccccc3C(=O)N2CC(=O)N2CCCC2)c2ccccc2n1C. The van der Waals surface area contributed by atoms with Crippen molar-refractivity contribution in [1.29, 1.82) is 0 Å². The Bertz CT molecular complexity index is 1120. The topological polar surface area (TPSA) is 45.6 Å². The third kappa shape index (κ3) is 2.68. The van der Waals surface area contributed by atoms with E-state index < -0.39 is 0 Å². The molecule has 3 aromatic rings. The van der Waals surface area contributed by atoms with Gasteiger partial charge in [-0.25, -0.2) is 0 Å². The summed E-state index contributed by atoms with van der Waals surface area (Å²) in [7, 11) is 2.06. The molecular weight excluding hydrogens is 362 g/mol. The van der Waals surface area contributed by atoms with Crippen molar-refractivity contribution in [2.75, 3.05) is 19.6 Å². The van der Waals surface area contributed by atoms with E-state index in [0.29, 0.717) is 5.56 Å². The van der Waals surface area contributed by atoms with Gasteiger partial charge < -0.3 is 14.4 Å². The number of hydrogen-bond acceptors (Lipinski definition) is 2. The Balaban J connectivity index is 1.65. The van der Waals surface area contributed by atoms with Crippen LogP contribution in [0.2, 0.25) is 0 Å². The Morgan fingerprint density at radius 2 is 1.72 bits per heavy atom. The van der Waals surface area contributed by atoms with E-state index in [1.807, 2.05) is 41.3 Å². The second-order valence-corrected chi connectivity index (χ2v) is 8.09. The van der Waals surface area contributed by atoms with Gasteiger partial charge in [0.2, 0.25) is 5.91 Å². The molecule has 0 N–H and O–H groups in total. The number of aryl methyl sites for hydroxylation is 1. The lowest BCUT2D eigenvalue weighted by atomic mass is 9.95. The number of benzene rings is 2. The highest BCUT2D eigenvalue weighted by atomic mass is 16.2. The van der Waals surface area contributed by atoms with Crippen molar-refractivity contribution in [3.05, 3.63) is 70.9 Å². The number of amides is 2. The Kier molecular flexibility index (Phi) is 4.19. The summed E-state index contributed by atoms with van der Waals surface area (Å²) in [6, 6.07) is 15.8. The first-order valence-electron chi connectivity index (χ1n) is 10.3. The molecule has 0 radical (unpaired) electrons. The number of carbonyl (C=O) groups excluding carboxylic acids is 2. The monoisotopic (exact) mass is 387 g/mol.